The van der Waals surface area contributed by atoms with Crippen molar-refractivity contribution in [3.8, 4) is 0 Å². The first kappa shape index (κ1) is 11.9. The van der Waals surface area contributed by atoms with Gasteiger partial charge in [-0.1, -0.05) is 13.8 Å². The number of nitrogens with one attached hydrogen (secondary N) is 1. The molecular weight excluding hydrogens is 152 g/mol. The summed E-state index contributed by atoms with van der Waals surface area (Å²) in [6.07, 6.45) is 0. The summed E-state index contributed by atoms with van der Waals surface area (Å²) in [5, 5.41) is 3.40. The quantitative estimate of drug-likeness (QED) is 0.620. The molecule has 0 heterocycles. The zero-order chi connectivity index (χ0) is 9.61. The van der Waals surface area contributed by atoms with Crippen LogP contribution in [0, 0.1) is 5.92 Å². The summed E-state index contributed by atoms with van der Waals surface area (Å²) in [4.78, 5) is 0. The summed E-state index contributed by atoms with van der Waals surface area (Å²) in [6.45, 7) is 8.69. The van der Waals surface area contributed by atoms with Gasteiger partial charge in [0.25, 0.3) is 0 Å². The second-order valence-electron chi connectivity index (χ2n) is 3.97. The van der Waals surface area contributed by atoms with Crippen molar-refractivity contribution >= 4 is 0 Å². The van der Waals surface area contributed by atoms with Crippen LogP contribution in [0.25, 0.3) is 0 Å². The van der Waals surface area contributed by atoms with E-state index in [1.165, 1.54) is 0 Å². The summed E-state index contributed by atoms with van der Waals surface area (Å²) in [5.41, 5.74) is 5.57. The number of hydrogen-bond acceptors (Lipinski definition) is 3. The minimum absolute atomic E-state index is 0.0704. The van der Waals surface area contributed by atoms with Crippen molar-refractivity contribution in [2.24, 2.45) is 11.7 Å². The van der Waals surface area contributed by atoms with Gasteiger partial charge in [0.05, 0.1) is 12.1 Å². The minimum Gasteiger partial charge on any atom is -0.383 e. The molecular formula is C9H22N2O. The highest BCUT2D eigenvalue weighted by atomic mass is 16.5. The third kappa shape index (κ3) is 4.70. The molecule has 0 aromatic carbocycles. The van der Waals surface area contributed by atoms with Crippen molar-refractivity contribution in [1.29, 1.82) is 0 Å². The Morgan fingerprint density at radius 1 is 1.50 bits per heavy atom. The molecule has 1 atom stereocenters. The van der Waals surface area contributed by atoms with E-state index in [4.69, 9.17) is 10.5 Å². The zero-order valence-corrected chi connectivity index (χ0v) is 8.68. The van der Waals surface area contributed by atoms with Gasteiger partial charge >= 0.3 is 0 Å². The van der Waals surface area contributed by atoms with Crippen LogP contribution in [-0.2, 0) is 4.74 Å². The minimum atomic E-state index is -0.0704. The Kier molecular flexibility index (Phi) is 5.46. The van der Waals surface area contributed by atoms with Crippen LogP contribution in [0.1, 0.15) is 20.8 Å². The van der Waals surface area contributed by atoms with Crippen molar-refractivity contribution in [2.45, 2.75) is 26.3 Å². The van der Waals surface area contributed by atoms with Gasteiger partial charge in [0.15, 0.2) is 0 Å². The Labute approximate surface area is 75.7 Å². The predicted octanol–water partition coefficient (Wildman–Crippen LogP) is 0.596. The lowest BCUT2D eigenvalue weighted by Crippen LogP contribution is -2.53. The fourth-order valence-corrected chi connectivity index (χ4v) is 0.951. The van der Waals surface area contributed by atoms with Crippen molar-refractivity contribution in [3.05, 3.63) is 0 Å². The fourth-order valence-electron chi connectivity index (χ4n) is 0.951. The van der Waals surface area contributed by atoms with E-state index in [2.05, 4.69) is 26.1 Å². The Balaban J connectivity index is 3.78. The maximum Gasteiger partial charge on any atom is 0.0654 e. The van der Waals surface area contributed by atoms with Crippen LogP contribution < -0.4 is 11.1 Å². The smallest absolute Gasteiger partial charge is 0.0654 e. The molecule has 0 aromatic heterocycles. The summed E-state index contributed by atoms with van der Waals surface area (Å²) in [6, 6.07) is 0. The van der Waals surface area contributed by atoms with Crippen LogP contribution >= 0.6 is 0 Å². The summed E-state index contributed by atoms with van der Waals surface area (Å²) >= 11 is 0. The van der Waals surface area contributed by atoms with Crippen LogP contribution in [0.4, 0.5) is 0 Å². The van der Waals surface area contributed by atoms with Gasteiger partial charge in [-0.05, 0) is 19.4 Å². The van der Waals surface area contributed by atoms with Gasteiger partial charge in [0, 0.05) is 13.7 Å². The Morgan fingerprint density at radius 3 is 2.42 bits per heavy atom. The maximum atomic E-state index is 5.64. The van der Waals surface area contributed by atoms with Gasteiger partial charge in [-0.15, -0.1) is 0 Å². The molecule has 0 rings (SSSR count). The molecule has 0 aliphatic rings. The molecule has 0 bridgehead atoms. The third-order valence-electron chi connectivity index (χ3n) is 1.85. The van der Waals surface area contributed by atoms with Crippen LogP contribution in [0.15, 0.2) is 0 Å². The van der Waals surface area contributed by atoms with E-state index in [9.17, 15) is 0 Å². The average Bonchev–Trinajstić information content (AvgIpc) is 2.02. The Morgan fingerprint density at radius 2 is 2.08 bits per heavy atom. The lowest BCUT2D eigenvalue weighted by Gasteiger charge is -2.29. The highest BCUT2D eigenvalue weighted by molar-refractivity contribution is 4.83. The molecule has 0 amide bonds. The molecule has 74 valence electrons. The SMILES string of the molecule is COCC(C)(CN)NCC(C)C. The first-order valence-electron chi connectivity index (χ1n) is 4.48. The van der Waals surface area contributed by atoms with Gasteiger partial charge in [0.2, 0.25) is 0 Å². The topological polar surface area (TPSA) is 47.3 Å². The van der Waals surface area contributed by atoms with Crippen LogP contribution in [0.2, 0.25) is 0 Å². The van der Waals surface area contributed by atoms with E-state index in [-0.39, 0.29) is 5.54 Å². The molecule has 12 heavy (non-hydrogen) atoms. The maximum absolute atomic E-state index is 5.64. The first-order valence-corrected chi connectivity index (χ1v) is 4.48. The fraction of sp³-hybridized carbons (Fsp3) is 1.00. The van der Waals surface area contributed by atoms with E-state index in [0.29, 0.717) is 19.1 Å². The van der Waals surface area contributed by atoms with E-state index in [1.54, 1.807) is 7.11 Å². The number of methoxy groups -OCH3 is 1. The lowest BCUT2D eigenvalue weighted by atomic mass is 10.0. The van der Waals surface area contributed by atoms with Gasteiger partial charge in [-0.25, -0.2) is 0 Å². The number of nitrogens with two attached hydrogens (primary N) is 1. The number of rotatable bonds is 6. The molecule has 0 saturated heterocycles. The highest BCUT2D eigenvalue weighted by Gasteiger charge is 2.21. The second-order valence-corrected chi connectivity index (χ2v) is 3.97. The predicted molar refractivity (Wildman–Crippen MR) is 52.2 cm³/mol. The monoisotopic (exact) mass is 174 g/mol. The average molecular weight is 174 g/mol. The Bertz CT molecular complexity index is 117. The number of hydrogen-bond donors (Lipinski definition) is 2. The second kappa shape index (κ2) is 5.51. The summed E-state index contributed by atoms with van der Waals surface area (Å²) < 4.78 is 5.09. The molecule has 3 nitrogen and oxygen atoms in total. The molecule has 0 spiro atoms. The van der Waals surface area contributed by atoms with Gasteiger partial charge in [0.1, 0.15) is 0 Å². The van der Waals surface area contributed by atoms with Gasteiger partial charge in [-0.3, -0.25) is 0 Å². The molecule has 0 saturated carbocycles. The van der Waals surface area contributed by atoms with E-state index in [1.807, 2.05) is 0 Å². The van der Waals surface area contributed by atoms with Crippen molar-refractivity contribution in [1.82, 2.24) is 5.32 Å². The van der Waals surface area contributed by atoms with Crippen LogP contribution in [0.5, 0.6) is 0 Å². The van der Waals surface area contributed by atoms with E-state index >= 15 is 0 Å². The highest BCUT2D eigenvalue weighted by Crippen LogP contribution is 2.02. The van der Waals surface area contributed by atoms with E-state index < -0.39 is 0 Å². The molecule has 0 aliphatic heterocycles. The normalized spacial score (nSPS) is 16.5. The van der Waals surface area contributed by atoms with E-state index in [0.717, 1.165) is 6.54 Å². The standard InChI is InChI=1S/C9H22N2O/c1-8(2)5-11-9(3,6-10)7-12-4/h8,11H,5-7,10H2,1-4H3. The van der Waals surface area contributed by atoms with Crippen molar-refractivity contribution in [2.75, 3.05) is 26.8 Å². The van der Waals surface area contributed by atoms with Gasteiger partial charge in [-0.2, -0.15) is 0 Å². The Hall–Kier alpha value is -0.120. The van der Waals surface area contributed by atoms with Gasteiger partial charge < -0.3 is 15.8 Å². The summed E-state index contributed by atoms with van der Waals surface area (Å²) in [7, 11) is 1.70. The first-order chi connectivity index (χ1) is 5.54. The van der Waals surface area contributed by atoms with Crippen molar-refractivity contribution in [3.63, 3.8) is 0 Å². The molecule has 0 fully saturated rings. The zero-order valence-electron chi connectivity index (χ0n) is 8.68. The summed E-state index contributed by atoms with van der Waals surface area (Å²) in [5.74, 6) is 0.646. The van der Waals surface area contributed by atoms with Crippen LogP contribution in [0.3, 0.4) is 0 Å². The number of ether oxygens (including phenoxy) is 1. The molecule has 3 N–H and O–H groups in total. The lowest BCUT2D eigenvalue weighted by molar-refractivity contribution is 0.121. The largest absolute Gasteiger partial charge is 0.383 e. The third-order valence-corrected chi connectivity index (χ3v) is 1.85. The molecule has 1 unspecified atom stereocenters. The molecule has 3 heteroatoms. The van der Waals surface area contributed by atoms with Crippen LogP contribution in [-0.4, -0.2) is 32.3 Å². The molecule has 0 aliphatic carbocycles. The molecule has 0 radical (unpaired) electrons. The molecule has 0 aromatic rings. The van der Waals surface area contributed by atoms with Crippen molar-refractivity contribution < 1.29 is 4.74 Å².